The van der Waals surface area contributed by atoms with Gasteiger partial charge in [0.05, 0.1) is 0 Å². The Bertz CT molecular complexity index is 944. The van der Waals surface area contributed by atoms with Gasteiger partial charge in [-0.15, -0.1) is 0 Å². The lowest BCUT2D eigenvalue weighted by Crippen LogP contribution is -2.47. The highest BCUT2D eigenvalue weighted by Crippen LogP contribution is 2.24. The van der Waals surface area contributed by atoms with Gasteiger partial charge in [0.2, 0.25) is 17.5 Å². The Hall–Kier alpha value is -3.37. The van der Waals surface area contributed by atoms with Gasteiger partial charge >= 0.3 is 0 Å². The summed E-state index contributed by atoms with van der Waals surface area (Å²) in [5.74, 6) is 1.70. The van der Waals surface area contributed by atoms with Gasteiger partial charge in [-0.2, -0.15) is 10.2 Å². The molecule has 0 bridgehead atoms. The number of aromatic nitrogens is 2. The molecule has 3 heterocycles. The molecule has 0 spiro atoms. The standard InChI is InChI=1S/C22H23N5O2/c23-16-20-22(29-21(25-20)17-28-19-7-2-1-3-8-19)27-14-12-26(13-15-27)11-9-18-6-4-5-10-24-18/h1-8,10H,9,11-15,17H2. The number of pyridine rings is 1. The molecule has 0 aliphatic carbocycles. The summed E-state index contributed by atoms with van der Waals surface area (Å²) in [5, 5.41) is 9.45. The highest BCUT2D eigenvalue weighted by atomic mass is 16.5. The lowest BCUT2D eigenvalue weighted by atomic mass is 10.2. The van der Waals surface area contributed by atoms with E-state index in [0.29, 0.717) is 17.5 Å². The number of piperazine rings is 1. The van der Waals surface area contributed by atoms with Gasteiger partial charge < -0.3 is 14.1 Å². The van der Waals surface area contributed by atoms with E-state index in [9.17, 15) is 5.26 Å². The zero-order valence-corrected chi connectivity index (χ0v) is 16.2. The summed E-state index contributed by atoms with van der Waals surface area (Å²) in [7, 11) is 0. The second-order valence-corrected chi connectivity index (χ2v) is 6.87. The highest BCUT2D eigenvalue weighted by molar-refractivity contribution is 5.48. The molecule has 1 fully saturated rings. The van der Waals surface area contributed by atoms with Gasteiger partial charge in [-0.3, -0.25) is 9.88 Å². The number of para-hydroxylation sites is 1. The molecule has 7 nitrogen and oxygen atoms in total. The van der Waals surface area contributed by atoms with E-state index in [1.807, 2.05) is 48.7 Å². The maximum Gasteiger partial charge on any atom is 0.236 e. The van der Waals surface area contributed by atoms with Crippen LogP contribution >= 0.6 is 0 Å². The zero-order valence-electron chi connectivity index (χ0n) is 16.2. The van der Waals surface area contributed by atoms with Gasteiger partial charge in [-0.25, -0.2) is 0 Å². The summed E-state index contributed by atoms with van der Waals surface area (Å²) in [5.41, 5.74) is 1.43. The Kier molecular flexibility index (Phi) is 6.03. The van der Waals surface area contributed by atoms with Gasteiger partial charge in [-0.05, 0) is 24.3 Å². The molecule has 2 aromatic heterocycles. The zero-order chi connectivity index (χ0) is 19.9. The van der Waals surface area contributed by atoms with Crippen LogP contribution in [0.4, 0.5) is 5.88 Å². The topological polar surface area (TPSA) is 78.4 Å². The summed E-state index contributed by atoms with van der Waals surface area (Å²) in [4.78, 5) is 13.2. The van der Waals surface area contributed by atoms with E-state index in [-0.39, 0.29) is 6.61 Å². The second kappa shape index (κ2) is 9.22. The number of oxazole rings is 1. The molecule has 29 heavy (non-hydrogen) atoms. The molecule has 4 rings (SSSR count). The van der Waals surface area contributed by atoms with Crippen LogP contribution in [0.15, 0.2) is 59.1 Å². The van der Waals surface area contributed by atoms with E-state index >= 15 is 0 Å². The number of nitriles is 1. The van der Waals surface area contributed by atoms with Crippen LogP contribution in [0.1, 0.15) is 17.3 Å². The third kappa shape index (κ3) is 4.92. The molecule has 0 saturated carbocycles. The van der Waals surface area contributed by atoms with Crippen molar-refractivity contribution >= 4 is 5.88 Å². The fraction of sp³-hybridized carbons (Fsp3) is 0.318. The molecule has 0 N–H and O–H groups in total. The molecule has 1 aromatic carbocycles. The Labute approximate surface area is 170 Å². The fourth-order valence-corrected chi connectivity index (χ4v) is 3.36. The Morgan fingerprint density at radius 1 is 1.03 bits per heavy atom. The van der Waals surface area contributed by atoms with Crippen molar-refractivity contribution < 1.29 is 9.15 Å². The smallest absolute Gasteiger partial charge is 0.236 e. The van der Waals surface area contributed by atoms with E-state index in [4.69, 9.17) is 9.15 Å². The molecule has 148 valence electrons. The molecule has 1 saturated heterocycles. The van der Waals surface area contributed by atoms with Crippen molar-refractivity contribution in [3.63, 3.8) is 0 Å². The van der Waals surface area contributed by atoms with Crippen molar-refractivity contribution in [2.24, 2.45) is 0 Å². The van der Waals surface area contributed by atoms with E-state index in [2.05, 4.69) is 31.9 Å². The van der Waals surface area contributed by atoms with E-state index in [1.54, 1.807) is 0 Å². The molecular formula is C22H23N5O2. The van der Waals surface area contributed by atoms with Gasteiger partial charge in [0.1, 0.15) is 11.8 Å². The molecule has 1 aliphatic rings. The SMILES string of the molecule is N#Cc1nc(COc2ccccc2)oc1N1CCN(CCc2ccccn2)CC1. The molecule has 0 unspecified atom stereocenters. The van der Waals surface area contributed by atoms with Crippen molar-refractivity contribution in [3.05, 3.63) is 72.0 Å². The van der Waals surface area contributed by atoms with Crippen LogP contribution < -0.4 is 9.64 Å². The minimum absolute atomic E-state index is 0.197. The van der Waals surface area contributed by atoms with Gasteiger partial charge in [0, 0.05) is 51.0 Å². The van der Waals surface area contributed by atoms with Gasteiger partial charge in [0.15, 0.2) is 6.61 Å². The highest BCUT2D eigenvalue weighted by Gasteiger charge is 2.24. The molecular weight excluding hydrogens is 366 g/mol. The van der Waals surface area contributed by atoms with Crippen LogP contribution in [0, 0.1) is 11.3 Å². The normalized spacial score (nSPS) is 14.5. The monoisotopic (exact) mass is 389 g/mol. The summed E-state index contributed by atoms with van der Waals surface area (Å²) in [6.45, 7) is 4.59. The molecule has 0 radical (unpaired) electrons. The lowest BCUT2D eigenvalue weighted by Gasteiger charge is -2.34. The summed E-state index contributed by atoms with van der Waals surface area (Å²) >= 11 is 0. The number of nitrogens with zero attached hydrogens (tertiary/aromatic N) is 5. The van der Waals surface area contributed by atoms with Crippen molar-refractivity contribution in [3.8, 4) is 11.8 Å². The molecule has 0 atom stereocenters. The number of benzene rings is 1. The van der Waals surface area contributed by atoms with E-state index in [0.717, 1.165) is 50.6 Å². The minimum Gasteiger partial charge on any atom is -0.484 e. The molecule has 1 aliphatic heterocycles. The fourth-order valence-electron chi connectivity index (χ4n) is 3.36. The predicted molar refractivity (Wildman–Crippen MR) is 109 cm³/mol. The minimum atomic E-state index is 0.197. The van der Waals surface area contributed by atoms with Gasteiger partial charge in [0.25, 0.3) is 0 Å². The molecule has 3 aromatic rings. The molecule has 7 heteroatoms. The first-order valence-corrected chi connectivity index (χ1v) is 9.76. The molecule has 0 amide bonds. The van der Waals surface area contributed by atoms with Crippen LogP contribution in [0.25, 0.3) is 0 Å². The number of rotatable bonds is 7. The van der Waals surface area contributed by atoms with E-state index in [1.165, 1.54) is 0 Å². The van der Waals surface area contributed by atoms with Gasteiger partial charge in [-0.1, -0.05) is 24.3 Å². The van der Waals surface area contributed by atoms with Crippen LogP contribution in [0.3, 0.4) is 0 Å². The van der Waals surface area contributed by atoms with E-state index < -0.39 is 0 Å². The summed E-state index contributed by atoms with van der Waals surface area (Å²) in [6.07, 6.45) is 2.77. The van der Waals surface area contributed by atoms with Crippen LogP contribution in [0.2, 0.25) is 0 Å². The first-order chi connectivity index (χ1) is 14.3. The second-order valence-electron chi connectivity index (χ2n) is 6.87. The van der Waals surface area contributed by atoms with Crippen molar-refractivity contribution in [1.29, 1.82) is 5.26 Å². The Balaban J connectivity index is 1.32. The largest absolute Gasteiger partial charge is 0.484 e. The van der Waals surface area contributed by atoms with Crippen LogP contribution in [0.5, 0.6) is 5.75 Å². The lowest BCUT2D eigenvalue weighted by molar-refractivity contribution is 0.247. The van der Waals surface area contributed by atoms with Crippen LogP contribution in [-0.4, -0.2) is 47.6 Å². The third-order valence-electron chi connectivity index (χ3n) is 4.93. The van der Waals surface area contributed by atoms with Crippen molar-refractivity contribution in [2.45, 2.75) is 13.0 Å². The summed E-state index contributed by atoms with van der Waals surface area (Å²) < 4.78 is 11.6. The first-order valence-electron chi connectivity index (χ1n) is 9.76. The predicted octanol–water partition coefficient (Wildman–Crippen LogP) is 2.88. The maximum atomic E-state index is 9.45. The maximum absolute atomic E-state index is 9.45. The Morgan fingerprint density at radius 3 is 2.55 bits per heavy atom. The third-order valence-corrected chi connectivity index (χ3v) is 4.93. The van der Waals surface area contributed by atoms with Crippen LogP contribution in [-0.2, 0) is 13.0 Å². The average molecular weight is 389 g/mol. The summed E-state index contributed by atoms with van der Waals surface area (Å²) in [6, 6.07) is 17.7. The number of hydrogen-bond acceptors (Lipinski definition) is 7. The van der Waals surface area contributed by atoms with Crippen molar-refractivity contribution in [1.82, 2.24) is 14.9 Å². The number of hydrogen-bond donors (Lipinski definition) is 0. The average Bonchev–Trinajstić information content (AvgIpc) is 3.21. The van der Waals surface area contributed by atoms with Crippen molar-refractivity contribution in [2.75, 3.05) is 37.6 Å². The quantitative estimate of drug-likeness (QED) is 0.615. The number of ether oxygens (including phenoxy) is 1. The Morgan fingerprint density at radius 2 is 1.83 bits per heavy atom. The first kappa shape index (κ1) is 19.0. The number of anilines is 1.